The molecule has 2 atom stereocenters. The Labute approximate surface area is 100.0 Å². The van der Waals surface area contributed by atoms with E-state index in [1.165, 1.54) is 58.3 Å². The average Bonchev–Trinajstić information content (AvgIpc) is 2.35. The number of piperazine rings is 1. The van der Waals surface area contributed by atoms with E-state index in [9.17, 15) is 0 Å². The van der Waals surface area contributed by atoms with Gasteiger partial charge in [0.2, 0.25) is 0 Å². The van der Waals surface area contributed by atoms with Crippen molar-refractivity contribution in [2.45, 2.75) is 51.1 Å². The molecule has 2 N–H and O–H groups in total. The first-order valence-corrected chi connectivity index (χ1v) is 7.03. The van der Waals surface area contributed by atoms with E-state index in [1.54, 1.807) is 0 Å². The van der Waals surface area contributed by atoms with E-state index < -0.39 is 0 Å². The van der Waals surface area contributed by atoms with Crippen LogP contribution >= 0.6 is 0 Å². The largest absolute Gasteiger partial charge is 0.329 e. The summed E-state index contributed by atoms with van der Waals surface area (Å²) >= 11 is 0. The third-order valence-electron chi connectivity index (χ3n) is 4.28. The molecule has 0 aromatic rings. The van der Waals surface area contributed by atoms with Gasteiger partial charge in [0, 0.05) is 38.3 Å². The Morgan fingerprint density at radius 3 is 2.88 bits per heavy atom. The Morgan fingerprint density at radius 1 is 1.25 bits per heavy atom. The lowest BCUT2D eigenvalue weighted by Crippen LogP contribution is -2.58. The molecule has 3 heteroatoms. The standard InChI is InChI=1S/C13H27N3/c1-2-5-12(10-14)16-9-8-15-7-4-3-6-13(15)11-16/h12-13H,2-11,14H2,1H3. The zero-order valence-corrected chi connectivity index (χ0v) is 10.7. The molecular formula is C13H27N3. The number of nitrogens with two attached hydrogens (primary N) is 1. The maximum Gasteiger partial charge on any atom is 0.0223 e. The Morgan fingerprint density at radius 2 is 2.12 bits per heavy atom. The Kier molecular flexibility index (Phi) is 4.62. The fourth-order valence-corrected chi connectivity index (χ4v) is 3.29. The molecule has 0 saturated carbocycles. The van der Waals surface area contributed by atoms with Crippen molar-refractivity contribution in [3.05, 3.63) is 0 Å². The van der Waals surface area contributed by atoms with E-state index in [1.807, 2.05) is 0 Å². The number of hydrogen-bond donors (Lipinski definition) is 1. The third-order valence-corrected chi connectivity index (χ3v) is 4.28. The van der Waals surface area contributed by atoms with Crippen molar-refractivity contribution in [1.29, 1.82) is 0 Å². The molecule has 2 fully saturated rings. The van der Waals surface area contributed by atoms with Crippen LogP contribution in [-0.4, -0.2) is 54.6 Å². The minimum absolute atomic E-state index is 0.633. The van der Waals surface area contributed by atoms with Crippen LogP contribution in [-0.2, 0) is 0 Å². The number of fused-ring (bicyclic) bond motifs is 1. The van der Waals surface area contributed by atoms with Gasteiger partial charge in [0.05, 0.1) is 0 Å². The van der Waals surface area contributed by atoms with E-state index in [-0.39, 0.29) is 0 Å². The molecular weight excluding hydrogens is 198 g/mol. The second kappa shape index (κ2) is 5.99. The van der Waals surface area contributed by atoms with Gasteiger partial charge in [-0.25, -0.2) is 0 Å². The topological polar surface area (TPSA) is 32.5 Å². The maximum atomic E-state index is 5.90. The summed E-state index contributed by atoms with van der Waals surface area (Å²) in [6.07, 6.45) is 6.76. The molecule has 0 radical (unpaired) electrons. The Balaban J connectivity index is 1.88. The third kappa shape index (κ3) is 2.76. The molecule has 0 bridgehead atoms. The van der Waals surface area contributed by atoms with Crippen molar-refractivity contribution in [2.75, 3.05) is 32.7 Å². The van der Waals surface area contributed by atoms with Gasteiger partial charge in [-0.15, -0.1) is 0 Å². The minimum Gasteiger partial charge on any atom is -0.329 e. The van der Waals surface area contributed by atoms with Gasteiger partial charge in [-0.05, 0) is 25.8 Å². The number of piperidine rings is 1. The first-order valence-electron chi connectivity index (χ1n) is 7.03. The first kappa shape index (κ1) is 12.3. The normalized spacial score (nSPS) is 30.0. The van der Waals surface area contributed by atoms with Crippen LogP contribution in [0.3, 0.4) is 0 Å². The smallest absolute Gasteiger partial charge is 0.0223 e. The van der Waals surface area contributed by atoms with Crippen LogP contribution in [0, 0.1) is 0 Å². The van der Waals surface area contributed by atoms with Gasteiger partial charge in [0.1, 0.15) is 0 Å². The van der Waals surface area contributed by atoms with Crippen LogP contribution in [0.1, 0.15) is 39.0 Å². The van der Waals surface area contributed by atoms with Gasteiger partial charge in [0.25, 0.3) is 0 Å². The molecule has 2 heterocycles. The SMILES string of the molecule is CCCC(CN)N1CCN2CCCCC2C1. The van der Waals surface area contributed by atoms with Crippen molar-refractivity contribution in [2.24, 2.45) is 5.73 Å². The van der Waals surface area contributed by atoms with E-state index in [2.05, 4.69) is 16.7 Å². The van der Waals surface area contributed by atoms with Crippen molar-refractivity contribution < 1.29 is 0 Å². The average molecular weight is 225 g/mol. The highest BCUT2D eigenvalue weighted by Crippen LogP contribution is 2.22. The highest BCUT2D eigenvalue weighted by atomic mass is 15.3. The fraction of sp³-hybridized carbons (Fsp3) is 1.00. The van der Waals surface area contributed by atoms with Gasteiger partial charge >= 0.3 is 0 Å². The molecule has 2 saturated heterocycles. The summed E-state index contributed by atoms with van der Waals surface area (Å²) in [5.41, 5.74) is 5.90. The highest BCUT2D eigenvalue weighted by molar-refractivity contribution is 4.88. The van der Waals surface area contributed by atoms with Crippen LogP contribution in [0.25, 0.3) is 0 Å². The van der Waals surface area contributed by atoms with Gasteiger partial charge in [0.15, 0.2) is 0 Å². The van der Waals surface area contributed by atoms with Gasteiger partial charge in [-0.2, -0.15) is 0 Å². The number of hydrogen-bond acceptors (Lipinski definition) is 3. The highest BCUT2D eigenvalue weighted by Gasteiger charge is 2.31. The van der Waals surface area contributed by atoms with Crippen molar-refractivity contribution in [3.63, 3.8) is 0 Å². The number of rotatable bonds is 4. The first-order chi connectivity index (χ1) is 7.85. The summed E-state index contributed by atoms with van der Waals surface area (Å²) in [4.78, 5) is 5.34. The predicted octanol–water partition coefficient (Wildman–Crippen LogP) is 1.28. The molecule has 0 aliphatic carbocycles. The summed E-state index contributed by atoms with van der Waals surface area (Å²) in [5.74, 6) is 0. The molecule has 0 amide bonds. The van der Waals surface area contributed by atoms with E-state index in [0.29, 0.717) is 6.04 Å². The quantitative estimate of drug-likeness (QED) is 0.782. The monoisotopic (exact) mass is 225 g/mol. The summed E-state index contributed by atoms with van der Waals surface area (Å²) in [7, 11) is 0. The molecule has 0 spiro atoms. The molecule has 2 aliphatic rings. The molecule has 2 aliphatic heterocycles. The Hall–Kier alpha value is -0.120. The van der Waals surface area contributed by atoms with Crippen molar-refractivity contribution in [1.82, 2.24) is 9.80 Å². The minimum atomic E-state index is 0.633. The second-order valence-corrected chi connectivity index (χ2v) is 5.36. The van der Waals surface area contributed by atoms with Crippen molar-refractivity contribution >= 4 is 0 Å². The molecule has 16 heavy (non-hydrogen) atoms. The lowest BCUT2D eigenvalue weighted by molar-refractivity contribution is 0.0271. The van der Waals surface area contributed by atoms with Crippen LogP contribution in [0.4, 0.5) is 0 Å². The zero-order valence-electron chi connectivity index (χ0n) is 10.7. The number of nitrogens with zero attached hydrogens (tertiary/aromatic N) is 2. The van der Waals surface area contributed by atoms with E-state index in [0.717, 1.165) is 12.6 Å². The predicted molar refractivity (Wildman–Crippen MR) is 68.5 cm³/mol. The Bertz CT molecular complexity index is 207. The summed E-state index contributed by atoms with van der Waals surface area (Å²) in [6, 6.07) is 1.46. The van der Waals surface area contributed by atoms with E-state index >= 15 is 0 Å². The van der Waals surface area contributed by atoms with Crippen molar-refractivity contribution in [3.8, 4) is 0 Å². The van der Waals surface area contributed by atoms with Gasteiger partial charge in [-0.1, -0.05) is 19.8 Å². The molecule has 2 rings (SSSR count). The second-order valence-electron chi connectivity index (χ2n) is 5.36. The van der Waals surface area contributed by atoms with Gasteiger partial charge < -0.3 is 5.73 Å². The molecule has 94 valence electrons. The maximum absolute atomic E-state index is 5.90. The molecule has 0 aromatic carbocycles. The molecule has 3 nitrogen and oxygen atoms in total. The van der Waals surface area contributed by atoms with Crippen LogP contribution in [0.5, 0.6) is 0 Å². The fourth-order valence-electron chi connectivity index (χ4n) is 3.29. The zero-order chi connectivity index (χ0) is 11.4. The summed E-state index contributed by atoms with van der Waals surface area (Å²) in [6.45, 7) is 8.20. The molecule has 2 unspecified atom stereocenters. The molecule has 0 aromatic heterocycles. The van der Waals surface area contributed by atoms with Crippen LogP contribution in [0.2, 0.25) is 0 Å². The summed E-state index contributed by atoms with van der Waals surface area (Å²) < 4.78 is 0. The lowest BCUT2D eigenvalue weighted by atomic mass is 9.98. The van der Waals surface area contributed by atoms with Gasteiger partial charge in [-0.3, -0.25) is 9.80 Å². The summed E-state index contributed by atoms with van der Waals surface area (Å²) in [5, 5.41) is 0. The van der Waals surface area contributed by atoms with E-state index in [4.69, 9.17) is 5.73 Å². The lowest BCUT2D eigenvalue weighted by Gasteiger charge is -2.46. The van der Waals surface area contributed by atoms with Crippen LogP contribution in [0.15, 0.2) is 0 Å². The van der Waals surface area contributed by atoms with Crippen LogP contribution < -0.4 is 5.73 Å².